The molecular formula is C39H52N4O8. The minimum absolute atomic E-state index is 0.104. The minimum Gasteiger partial charge on any atom is -0.493 e. The highest BCUT2D eigenvalue weighted by atomic mass is 16.5. The summed E-state index contributed by atoms with van der Waals surface area (Å²) in [5.41, 5.74) is 3.34. The summed E-state index contributed by atoms with van der Waals surface area (Å²) < 4.78 is 36.6. The highest BCUT2D eigenvalue weighted by Crippen LogP contribution is 2.42. The quantitative estimate of drug-likeness (QED) is 0.218. The van der Waals surface area contributed by atoms with Crippen molar-refractivity contribution in [3.05, 3.63) is 59.7 Å². The van der Waals surface area contributed by atoms with Gasteiger partial charge in [0.2, 0.25) is 0 Å². The van der Waals surface area contributed by atoms with Gasteiger partial charge < -0.3 is 48.9 Å². The van der Waals surface area contributed by atoms with E-state index in [1.54, 1.807) is 38.5 Å². The second-order valence-corrected chi connectivity index (χ2v) is 15.6. The first-order valence-corrected chi connectivity index (χ1v) is 17.6. The first-order chi connectivity index (χ1) is 24.0. The SMILES string of the molecule is C=C1CC2C(OC(C)(C)C)Nc3cc(OCCCOc4cc5c(cc4OC)C(=O)N4CC(=C)CC4C(OC(C)(C)C)N5)c(OC)cc3C(=O)N2C1. The molecule has 6 rings (SSSR count). The molecule has 4 atom stereocenters. The van der Waals surface area contributed by atoms with E-state index in [1.807, 2.05) is 51.3 Å². The summed E-state index contributed by atoms with van der Waals surface area (Å²) in [5.74, 6) is 1.69. The zero-order valence-corrected chi connectivity index (χ0v) is 31.1. The molecule has 2 N–H and O–H groups in total. The van der Waals surface area contributed by atoms with E-state index in [1.165, 1.54) is 0 Å². The van der Waals surface area contributed by atoms with Crippen LogP contribution in [0.15, 0.2) is 48.6 Å². The summed E-state index contributed by atoms with van der Waals surface area (Å²) in [6, 6.07) is 6.68. The number of hydrogen-bond acceptors (Lipinski definition) is 10. The molecule has 2 aromatic carbocycles. The van der Waals surface area contributed by atoms with Gasteiger partial charge in [-0.2, -0.15) is 0 Å². The molecule has 4 aliphatic rings. The van der Waals surface area contributed by atoms with Crippen LogP contribution in [0.4, 0.5) is 11.4 Å². The fraction of sp³-hybridized carbons (Fsp3) is 0.538. The largest absolute Gasteiger partial charge is 0.493 e. The number of anilines is 2. The lowest BCUT2D eigenvalue weighted by Crippen LogP contribution is -2.47. The maximum absolute atomic E-state index is 13.7. The Labute approximate surface area is 301 Å². The molecule has 0 saturated carbocycles. The van der Waals surface area contributed by atoms with Crippen LogP contribution in [-0.4, -0.2) is 97.9 Å². The smallest absolute Gasteiger partial charge is 0.256 e. The van der Waals surface area contributed by atoms with Gasteiger partial charge in [-0.1, -0.05) is 24.3 Å². The number of rotatable bonds is 10. The van der Waals surface area contributed by atoms with Crippen LogP contribution in [0.1, 0.15) is 81.5 Å². The van der Waals surface area contributed by atoms with Gasteiger partial charge in [0.1, 0.15) is 12.5 Å². The van der Waals surface area contributed by atoms with Crippen LogP contribution in [0, 0.1) is 0 Å². The molecule has 2 amide bonds. The van der Waals surface area contributed by atoms with E-state index >= 15 is 0 Å². The minimum atomic E-state index is -0.438. The number of carbonyl (C=O) groups excluding carboxylic acids is 2. The lowest BCUT2D eigenvalue weighted by atomic mass is 10.1. The summed E-state index contributed by atoms with van der Waals surface area (Å²) in [4.78, 5) is 31.1. The normalized spacial score (nSPS) is 23.0. The summed E-state index contributed by atoms with van der Waals surface area (Å²) in [6.07, 6.45) is 0.985. The van der Waals surface area contributed by atoms with Crippen LogP contribution in [-0.2, 0) is 9.47 Å². The number of fused-ring (bicyclic) bond motifs is 4. The molecule has 2 saturated heterocycles. The molecule has 4 aliphatic heterocycles. The van der Waals surface area contributed by atoms with Gasteiger partial charge in [0.25, 0.3) is 11.8 Å². The highest BCUT2D eigenvalue weighted by Gasteiger charge is 2.44. The second kappa shape index (κ2) is 14.0. The van der Waals surface area contributed by atoms with Crippen molar-refractivity contribution < 1.29 is 38.0 Å². The lowest BCUT2D eigenvalue weighted by molar-refractivity contribution is -0.0713. The van der Waals surface area contributed by atoms with E-state index in [0.717, 1.165) is 11.1 Å². The predicted molar refractivity (Wildman–Crippen MR) is 195 cm³/mol. The second-order valence-electron chi connectivity index (χ2n) is 15.6. The number of carbonyl (C=O) groups is 2. The molecule has 0 radical (unpaired) electrons. The number of benzene rings is 2. The first kappa shape index (κ1) is 36.4. The number of ether oxygens (including phenoxy) is 6. The van der Waals surface area contributed by atoms with Crippen molar-refractivity contribution in [2.45, 2.75) is 96.5 Å². The molecule has 12 heteroatoms. The Morgan fingerprint density at radius 2 is 1.06 bits per heavy atom. The summed E-state index contributed by atoms with van der Waals surface area (Å²) in [7, 11) is 3.11. The monoisotopic (exact) mass is 704 g/mol. The molecule has 0 aliphatic carbocycles. The Morgan fingerprint density at radius 3 is 1.41 bits per heavy atom. The molecule has 276 valence electrons. The summed E-state index contributed by atoms with van der Waals surface area (Å²) in [6.45, 7) is 21.9. The molecule has 2 fully saturated rings. The van der Waals surface area contributed by atoms with Gasteiger partial charge in [0, 0.05) is 31.6 Å². The third-order valence-electron chi connectivity index (χ3n) is 9.23. The van der Waals surface area contributed by atoms with Crippen molar-refractivity contribution in [3.63, 3.8) is 0 Å². The van der Waals surface area contributed by atoms with E-state index in [0.29, 0.717) is 91.1 Å². The average molecular weight is 705 g/mol. The van der Waals surface area contributed by atoms with E-state index < -0.39 is 23.7 Å². The molecule has 2 aromatic rings. The van der Waals surface area contributed by atoms with Crippen molar-refractivity contribution in [2.75, 3.05) is 51.2 Å². The molecule has 51 heavy (non-hydrogen) atoms. The van der Waals surface area contributed by atoms with Gasteiger partial charge in [-0.25, -0.2) is 0 Å². The Kier molecular flexibility index (Phi) is 9.95. The fourth-order valence-corrected chi connectivity index (χ4v) is 7.11. The number of nitrogens with zero attached hydrogens (tertiary/aromatic N) is 2. The molecule has 4 heterocycles. The van der Waals surface area contributed by atoms with Gasteiger partial charge in [0.15, 0.2) is 23.0 Å². The molecule has 0 aromatic heterocycles. The van der Waals surface area contributed by atoms with Crippen molar-refractivity contribution in [3.8, 4) is 23.0 Å². The maximum Gasteiger partial charge on any atom is 0.256 e. The van der Waals surface area contributed by atoms with Crippen LogP contribution < -0.4 is 29.6 Å². The third kappa shape index (κ3) is 7.77. The van der Waals surface area contributed by atoms with Crippen LogP contribution in [0.25, 0.3) is 0 Å². The van der Waals surface area contributed by atoms with E-state index in [9.17, 15) is 9.59 Å². The first-order valence-electron chi connectivity index (χ1n) is 17.6. The number of methoxy groups -OCH3 is 2. The lowest BCUT2D eigenvalue weighted by Gasteiger charge is -2.34. The van der Waals surface area contributed by atoms with Crippen molar-refractivity contribution in [2.24, 2.45) is 0 Å². The van der Waals surface area contributed by atoms with Crippen LogP contribution in [0.5, 0.6) is 23.0 Å². The maximum atomic E-state index is 13.7. The molecule has 12 nitrogen and oxygen atoms in total. The Bertz CT molecular complexity index is 1590. The van der Waals surface area contributed by atoms with E-state index in [2.05, 4.69) is 23.8 Å². The topological polar surface area (TPSA) is 120 Å². The van der Waals surface area contributed by atoms with Crippen LogP contribution in [0.3, 0.4) is 0 Å². The molecular weight excluding hydrogens is 652 g/mol. The number of hydrogen-bond donors (Lipinski definition) is 2. The zero-order chi connectivity index (χ0) is 36.8. The Morgan fingerprint density at radius 1 is 0.667 bits per heavy atom. The number of amides is 2. The highest BCUT2D eigenvalue weighted by molar-refractivity contribution is 6.02. The molecule has 0 bridgehead atoms. The zero-order valence-electron chi connectivity index (χ0n) is 31.1. The van der Waals surface area contributed by atoms with E-state index in [-0.39, 0.29) is 23.9 Å². The van der Waals surface area contributed by atoms with E-state index in [4.69, 9.17) is 28.4 Å². The van der Waals surface area contributed by atoms with Gasteiger partial charge in [-0.3, -0.25) is 9.59 Å². The molecule has 0 spiro atoms. The Balaban J connectivity index is 1.15. The summed E-state index contributed by atoms with van der Waals surface area (Å²) >= 11 is 0. The van der Waals surface area contributed by atoms with Gasteiger partial charge in [-0.05, 0) is 66.5 Å². The van der Waals surface area contributed by atoms with Crippen molar-refractivity contribution in [1.29, 1.82) is 0 Å². The standard InChI is InChI=1S/C39H52N4O8/c1-22-14-28-34(50-38(3,4)5)40-26-18-32(30(46-9)16-24(26)36(44)42(28)20-22)48-12-11-13-49-33-19-27-25(17-31(33)47-10)37(45)43-21-23(2)15-29(43)35(41-27)51-39(6,7)8/h16-19,28-29,34-35,40-41H,1-2,11-15,20-21H2,3-10H3. The van der Waals surface area contributed by atoms with Crippen molar-refractivity contribution >= 4 is 23.2 Å². The average Bonchev–Trinajstić information content (AvgIpc) is 3.59. The van der Waals surface area contributed by atoms with Gasteiger partial charge in [-0.15, -0.1) is 0 Å². The van der Waals surface area contributed by atoms with Gasteiger partial charge >= 0.3 is 0 Å². The predicted octanol–water partition coefficient (Wildman–Crippen LogP) is 6.23. The summed E-state index contributed by atoms with van der Waals surface area (Å²) in [5, 5.41) is 6.97. The number of nitrogens with one attached hydrogen (secondary N) is 2. The van der Waals surface area contributed by atoms with Crippen molar-refractivity contribution in [1.82, 2.24) is 9.80 Å². The fourth-order valence-electron chi connectivity index (χ4n) is 7.11. The van der Waals surface area contributed by atoms with Crippen LogP contribution >= 0.6 is 0 Å². The molecule has 4 unspecified atom stereocenters. The Hall–Kier alpha value is -4.42. The van der Waals surface area contributed by atoms with Gasteiger partial charge in [0.05, 0.1) is 73.2 Å². The van der Waals surface area contributed by atoms with Crippen LogP contribution in [0.2, 0.25) is 0 Å². The third-order valence-corrected chi connectivity index (χ3v) is 9.23.